The number of fused-ring (bicyclic) bond motifs is 1. The molecule has 3 rings (SSSR count). The Morgan fingerprint density at radius 2 is 2.00 bits per heavy atom. The summed E-state index contributed by atoms with van der Waals surface area (Å²) < 4.78 is 0. The van der Waals surface area contributed by atoms with Crippen LogP contribution in [-0.4, -0.2) is 30.6 Å². The van der Waals surface area contributed by atoms with E-state index in [4.69, 9.17) is 0 Å². The molecule has 1 N–H and O–H groups in total. The number of nitrogens with one attached hydrogen (secondary N) is 1. The lowest BCUT2D eigenvalue weighted by Gasteiger charge is -2.25. The van der Waals surface area contributed by atoms with Gasteiger partial charge in [-0.15, -0.1) is 0 Å². The molecule has 21 heavy (non-hydrogen) atoms. The van der Waals surface area contributed by atoms with Crippen LogP contribution in [0.1, 0.15) is 31.7 Å². The van der Waals surface area contributed by atoms with Crippen LogP contribution in [0, 0.1) is 0 Å². The summed E-state index contributed by atoms with van der Waals surface area (Å²) in [5, 5.41) is 6.31. The molecule has 0 spiro atoms. The Kier molecular flexibility index (Phi) is 4.89. The molecule has 1 aliphatic heterocycles. The molecular formula is C19H26N2. The molecule has 2 aromatic rings. The van der Waals surface area contributed by atoms with Gasteiger partial charge in [0, 0.05) is 19.1 Å². The van der Waals surface area contributed by atoms with Gasteiger partial charge in [-0.05, 0) is 54.8 Å². The van der Waals surface area contributed by atoms with Crippen molar-refractivity contribution >= 4 is 10.8 Å². The SMILES string of the molecule is CCCN(Cc1ccc2ccccc2c1)CC1CCCN1. The zero-order valence-corrected chi connectivity index (χ0v) is 13.0. The third-order valence-corrected chi connectivity index (χ3v) is 4.40. The molecule has 1 aliphatic rings. The van der Waals surface area contributed by atoms with Gasteiger partial charge in [0.25, 0.3) is 0 Å². The van der Waals surface area contributed by atoms with Crippen molar-refractivity contribution in [2.75, 3.05) is 19.6 Å². The highest BCUT2D eigenvalue weighted by atomic mass is 15.1. The number of hydrogen-bond acceptors (Lipinski definition) is 2. The highest BCUT2D eigenvalue weighted by molar-refractivity contribution is 5.82. The number of benzene rings is 2. The fourth-order valence-electron chi connectivity index (χ4n) is 3.37. The molecule has 0 aromatic heterocycles. The molecule has 0 amide bonds. The van der Waals surface area contributed by atoms with Gasteiger partial charge < -0.3 is 5.32 Å². The fourth-order valence-corrected chi connectivity index (χ4v) is 3.37. The number of hydrogen-bond donors (Lipinski definition) is 1. The van der Waals surface area contributed by atoms with Crippen molar-refractivity contribution in [2.45, 2.75) is 38.8 Å². The average Bonchev–Trinajstić information content (AvgIpc) is 3.00. The minimum Gasteiger partial charge on any atom is -0.313 e. The molecule has 1 saturated heterocycles. The van der Waals surface area contributed by atoms with Crippen molar-refractivity contribution in [3.05, 3.63) is 48.0 Å². The first-order valence-corrected chi connectivity index (χ1v) is 8.28. The predicted octanol–water partition coefficient (Wildman–Crippen LogP) is 3.80. The van der Waals surface area contributed by atoms with Gasteiger partial charge in [0.15, 0.2) is 0 Å². The largest absolute Gasteiger partial charge is 0.313 e. The Bertz CT molecular complexity index is 573. The van der Waals surface area contributed by atoms with Crippen molar-refractivity contribution in [3.8, 4) is 0 Å². The maximum absolute atomic E-state index is 3.62. The van der Waals surface area contributed by atoms with E-state index in [1.165, 1.54) is 55.2 Å². The van der Waals surface area contributed by atoms with E-state index >= 15 is 0 Å². The molecule has 2 aromatic carbocycles. The summed E-state index contributed by atoms with van der Waals surface area (Å²) in [6, 6.07) is 16.2. The summed E-state index contributed by atoms with van der Waals surface area (Å²) in [7, 11) is 0. The summed E-state index contributed by atoms with van der Waals surface area (Å²) in [5.41, 5.74) is 1.43. The van der Waals surface area contributed by atoms with E-state index in [0.29, 0.717) is 6.04 Å². The molecule has 0 saturated carbocycles. The molecule has 1 heterocycles. The van der Waals surface area contributed by atoms with Crippen LogP contribution in [0.25, 0.3) is 10.8 Å². The smallest absolute Gasteiger partial charge is 0.0234 e. The van der Waals surface area contributed by atoms with Gasteiger partial charge in [-0.2, -0.15) is 0 Å². The maximum Gasteiger partial charge on any atom is 0.0234 e. The molecule has 2 nitrogen and oxygen atoms in total. The molecule has 1 fully saturated rings. The minimum absolute atomic E-state index is 0.692. The van der Waals surface area contributed by atoms with E-state index in [0.717, 1.165) is 6.54 Å². The lowest BCUT2D eigenvalue weighted by Crippen LogP contribution is -2.37. The van der Waals surface area contributed by atoms with Gasteiger partial charge in [0.2, 0.25) is 0 Å². The second-order valence-corrected chi connectivity index (χ2v) is 6.21. The van der Waals surface area contributed by atoms with E-state index < -0.39 is 0 Å². The predicted molar refractivity (Wildman–Crippen MR) is 90.5 cm³/mol. The van der Waals surface area contributed by atoms with E-state index in [2.05, 4.69) is 59.6 Å². The van der Waals surface area contributed by atoms with E-state index in [9.17, 15) is 0 Å². The van der Waals surface area contributed by atoms with Crippen molar-refractivity contribution in [1.82, 2.24) is 10.2 Å². The summed E-state index contributed by atoms with van der Waals surface area (Å²) in [6.45, 7) is 6.90. The number of rotatable bonds is 6. The zero-order valence-electron chi connectivity index (χ0n) is 13.0. The van der Waals surface area contributed by atoms with Crippen LogP contribution in [0.15, 0.2) is 42.5 Å². The topological polar surface area (TPSA) is 15.3 Å². The summed E-state index contributed by atoms with van der Waals surface area (Å²) >= 11 is 0. The van der Waals surface area contributed by atoms with Gasteiger partial charge in [0.05, 0.1) is 0 Å². The monoisotopic (exact) mass is 282 g/mol. The lowest BCUT2D eigenvalue weighted by molar-refractivity contribution is 0.241. The Morgan fingerprint density at radius 3 is 2.76 bits per heavy atom. The Balaban J connectivity index is 1.70. The van der Waals surface area contributed by atoms with Crippen molar-refractivity contribution in [3.63, 3.8) is 0 Å². The van der Waals surface area contributed by atoms with Crippen molar-refractivity contribution < 1.29 is 0 Å². The normalized spacial score (nSPS) is 18.7. The summed E-state index contributed by atoms with van der Waals surface area (Å²) in [6.07, 6.45) is 3.89. The molecule has 2 heteroatoms. The third-order valence-electron chi connectivity index (χ3n) is 4.40. The van der Waals surface area contributed by atoms with Gasteiger partial charge in [-0.3, -0.25) is 4.90 Å². The maximum atomic E-state index is 3.62. The van der Waals surface area contributed by atoms with E-state index in [1.54, 1.807) is 0 Å². The van der Waals surface area contributed by atoms with Crippen LogP contribution < -0.4 is 5.32 Å². The quantitative estimate of drug-likeness (QED) is 0.867. The summed E-state index contributed by atoms with van der Waals surface area (Å²) in [4.78, 5) is 2.60. The van der Waals surface area contributed by atoms with E-state index in [-0.39, 0.29) is 0 Å². The highest BCUT2D eigenvalue weighted by Crippen LogP contribution is 2.17. The highest BCUT2D eigenvalue weighted by Gasteiger charge is 2.17. The molecular weight excluding hydrogens is 256 g/mol. The minimum atomic E-state index is 0.692. The standard InChI is InChI=1S/C19H26N2/c1-2-12-21(15-19-8-5-11-20-19)14-16-9-10-17-6-3-4-7-18(17)13-16/h3-4,6-7,9-10,13,19-20H,2,5,8,11-12,14-15H2,1H3. The van der Waals surface area contributed by atoms with Gasteiger partial charge in [0.1, 0.15) is 0 Å². The second kappa shape index (κ2) is 7.06. The van der Waals surface area contributed by atoms with Crippen LogP contribution in [0.4, 0.5) is 0 Å². The van der Waals surface area contributed by atoms with Gasteiger partial charge >= 0.3 is 0 Å². The summed E-state index contributed by atoms with van der Waals surface area (Å²) in [5.74, 6) is 0. The van der Waals surface area contributed by atoms with Crippen molar-refractivity contribution in [1.29, 1.82) is 0 Å². The average molecular weight is 282 g/mol. The Hall–Kier alpha value is -1.38. The van der Waals surface area contributed by atoms with E-state index in [1.807, 2.05) is 0 Å². The molecule has 1 unspecified atom stereocenters. The van der Waals surface area contributed by atoms with Crippen LogP contribution in [0.3, 0.4) is 0 Å². The third kappa shape index (κ3) is 3.84. The molecule has 0 aliphatic carbocycles. The van der Waals surface area contributed by atoms with Crippen LogP contribution >= 0.6 is 0 Å². The zero-order chi connectivity index (χ0) is 14.5. The molecule has 1 atom stereocenters. The molecule has 0 bridgehead atoms. The molecule has 112 valence electrons. The Morgan fingerprint density at radius 1 is 1.14 bits per heavy atom. The Labute approximate surface area is 128 Å². The second-order valence-electron chi connectivity index (χ2n) is 6.21. The first-order chi connectivity index (χ1) is 10.3. The first-order valence-electron chi connectivity index (χ1n) is 8.28. The van der Waals surface area contributed by atoms with Crippen LogP contribution in [-0.2, 0) is 6.54 Å². The lowest BCUT2D eigenvalue weighted by atomic mass is 10.1. The van der Waals surface area contributed by atoms with Gasteiger partial charge in [-0.1, -0.05) is 43.3 Å². The van der Waals surface area contributed by atoms with Crippen LogP contribution in [0.2, 0.25) is 0 Å². The van der Waals surface area contributed by atoms with Crippen molar-refractivity contribution in [2.24, 2.45) is 0 Å². The first kappa shape index (κ1) is 14.6. The fraction of sp³-hybridized carbons (Fsp3) is 0.474. The molecule has 0 radical (unpaired) electrons. The number of nitrogens with zero attached hydrogens (tertiary/aromatic N) is 1. The van der Waals surface area contributed by atoms with Gasteiger partial charge in [-0.25, -0.2) is 0 Å². The van der Waals surface area contributed by atoms with Crippen LogP contribution in [0.5, 0.6) is 0 Å².